The van der Waals surface area contributed by atoms with E-state index in [1.165, 1.54) is 11.5 Å². The van der Waals surface area contributed by atoms with Crippen LogP contribution in [-0.2, 0) is 0 Å². The third-order valence-corrected chi connectivity index (χ3v) is 3.47. The van der Waals surface area contributed by atoms with E-state index in [1.54, 1.807) is 11.8 Å². The van der Waals surface area contributed by atoms with E-state index in [0.717, 1.165) is 23.3 Å². The van der Waals surface area contributed by atoms with Crippen molar-refractivity contribution in [3.05, 3.63) is 5.82 Å². The average Bonchev–Trinajstić information content (AvgIpc) is 2.48. The fourth-order valence-corrected chi connectivity index (χ4v) is 2.82. The van der Waals surface area contributed by atoms with Gasteiger partial charge in [-0.15, -0.1) is 0 Å². The SMILES string of the molecule is CCNCC(C)Sc1nc(C)ns1. The molecule has 0 amide bonds. The van der Waals surface area contributed by atoms with Crippen LogP contribution in [0.2, 0.25) is 0 Å². The summed E-state index contributed by atoms with van der Waals surface area (Å²) < 4.78 is 5.21. The number of thioether (sulfide) groups is 1. The van der Waals surface area contributed by atoms with Crippen LogP contribution in [0.4, 0.5) is 0 Å². The Labute approximate surface area is 87.5 Å². The first-order valence-corrected chi connectivity index (χ1v) is 6.05. The Morgan fingerprint density at radius 2 is 2.38 bits per heavy atom. The fourth-order valence-electron chi connectivity index (χ4n) is 0.887. The van der Waals surface area contributed by atoms with Crippen molar-refractivity contribution in [2.24, 2.45) is 0 Å². The maximum absolute atomic E-state index is 4.30. The Hall–Kier alpha value is -0.130. The molecule has 0 bridgehead atoms. The Morgan fingerprint density at radius 1 is 1.62 bits per heavy atom. The topological polar surface area (TPSA) is 37.8 Å². The molecule has 0 aliphatic rings. The predicted molar refractivity (Wildman–Crippen MR) is 58.5 cm³/mol. The second kappa shape index (κ2) is 5.57. The number of aromatic nitrogens is 2. The molecule has 1 N–H and O–H groups in total. The number of hydrogen-bond acceptors (Lipinski definition) is 5. The summed E-state index contributed by atoms with van der Waals surface area (Å²) in [6.07, 6.45) is 0. The molecule has 1 heterocycles. The van der Waals surface area contributed by atoms with Gasteiger partial charge in [0.1, 0.15) is 5.82 Å². The lowest BCUT2D eigenvalue weighted by atomic mass is 10.5. The number of nitrogens with zero attached hydrogens (tertiary/aromatic N) is 2. The van der Waals surface area contributed by atoms with Crippen molar-refractivity contribution in [2.45, 2.75) is 30.4 Å². The normalized spacial score (nSPS) is 13.2. The lowest BCUT2D eigenvalue weighted by Gasteiger charge is -2.08. The van der Waals surface area contributed by atoms with Gasteiger partial charge in [-0.05, 0) is 25.0 Å². The molecule has 1 atom stereocenters. The van der Waals surface area contributed by atoms with Crippen LogP contribution in [0.1, 0.15) is 19.7 Å². The largest absolute Gasteiger partial charge is 0.316 e. The van der Waals surface area contributed by atoms with Gasteiger partial charge in [0.2, 0.25) is 0 Å². The zero-order valence-electron chi connectivity index (χ0n) is 8.20. The molecular formula is C8H15N3S2. The van der Waals surface area contributed by atoms with E-state index in [1.807, 2.05) is 6.92 Å². The fraction of sp³-hybridized carbons (Fsp3) is 0.750. The lowest BCUT2D eigenvalue weighted by Crippen LogP contribution is -2.21. The molecule has 0 radical (unpaired) electrons. The van der Waals surface area contributed by atoms with Gasteiger partial charge in [-0.3, -0.25) is 0 Å². The summed E-state index contributed by atoms with van der Waals surface area (Å²) in [6, 6.07) is 0. The van der Waals surface area contributed by atoms with E-state index in [0.29, 0.717) is 5.25 Å². The summed E-state index contributed by atoms with van der Waals surface area (Å²) in [7, 11) is 0. The highest BCUT2D eigenvalue weighted by atomic mass is 32.2. The van der Waals surface area contributed by atoms with Gasteiger partial charge in [0.05, 0.1) is 0 Å². The molecule has 1 aromatic heterocycles. The van der Waals surface area contributed by atoms with E-state index < -0.39 is 0 Å². The highest BCUT2D eigenvalue weighted by molar-refractivity contribution is 8.01. The van der Waals surface area contributed by atoms with Gasteiger partial charge in [0.25, 0.3) is 0 Å². The maximum atomic E-state index is 4.30. The molecule has 3 nitrogen and oxygen atoms in total. The van der Waals surface area contributed by atoms with Gasteiger partial charge in [-0.2, -0.15) is 4.37 Å². The second-order valence-corrected chi connectivity index (χ2v) is 5.28. The summed E-state index contributed by atoms with van der Waals surface area (Å²) in [6.45, 7) is 8.30. The number of aryl methyl sites for hydroxylation is 1. The molecule has 0 aromatic carbocycles. The Morgan fingerprint density at radius 3 is 2.92 bits per heavy atom. The second-order valence-electron chi connectivity index (χ2n) is 2.84. The van der Waals surface area contributed by atoms with Crippen LogP contribution < -0.4 is 5.32 Å². The molecule has 13 heavy (non-hydrogen) atoms. The van der Waals surface area contributed by atoms with E-state index >= 15 is 0 Å². The molecule has 1 unspecified atom stereocenters. The molecule has 74 valence electrons. The molecule has 0 fully saturated rings. The van der Waals surface area contributed by atoms with Crippen molar-refractivity contribution in [3.8, 4) is 0 Å². The van der Waals surface area contributed by atoms with Crippen LogP contribution in [0.5, 0.6) is 0 Å². The van der Waals surface area contributed by atoms with Crippen molar-refractivity contribution < 1.29 is 0 Å². The first kappa shape index (κ1) is 10.9. The van der Waals surface area contributed by atoms with Crippen LogP contribution in [0.3, 0.4) is 0 Å². The predicted octanol–water partition coefficient (Wildman–Crippen LogP) is 1.94. The minimum Gasteiger partial charge on any atom is -0.316 e. The summed E-state index contributed by atoms with van der Waals surface area (Å²) >= 11 is 3.27. The Kier molecular flexibility index (Phi) is 4.69. The lowest BCUT2D eigenvalue weighted by molar-refractivity contribution is 0.712. The molecule has 0 spiro atoms. The van der Waals surface area contributed by atoms with Gasteiger partial charge in [0, 0.05) is 11.8 Å². The van der Waals surface area contributed by atoms with Crippen LogP contribution >= 0.6 is 23.3 Å². The van der Waals surface area contributed by atoms with Crippen LogP contribution in [0.15, 0.2) is 4.34 Å². The molecule has 0 saturated heterocycles. The number of rotatable bonds is 5. The first-order chi connectivity index (χ1) is 6.22. The van der Waals surface area contributed by atoms with E-state index in [-0.39, 0.29) is 0 Å². The Bertz CT molecular complexity index is 249. The van der Waals surface area contributed by atoms with Crippen molar-refractivity contribution >= 4 is 23.3 Å². The van der Waals surface area contributed by atoms with Gasteiger partial charge in [-0.25, -0.2) is 4.98 Å². The third kappa shape index (κ3) is 4.06. The van der Waals surface area contributed by atoms with E-state index in [2.05, 4.69) is 28.5 Å². The van der Waals surface area contributed by atoms with Crippen molar-refractivity contribution in [1.29, 1.82) is 0 Å². The summed E-state index contributed by atoms with van der Waals surface area (Å²) in [4.78, 5) is 4.30. The summed E-state index contributed by atoms with van der Waals surface area (Å²) in [5.41, 5.74) is 0. The number of hydrogen-bond donors (Lipinski definition) is 1. The van der Waals surface area contributed by atoms with Crippen LogP contribution in [0.25, 0.3) is 0 Å². The van der Waals surface area contributed by atoms with Gasteiger partial charge in [-0.1, -0.05) is 25.6 Å². The molecule has 5 heteroatoms. The maximum Gasteiger partial charge on any atom is 0.170 e. The summed E-state index contributed by atoms with van der Waals surface area (Å²) in [5.74, 6) is 0.878. The minimum atomic E-state index is 0.562. The standard InChI is InChI=1S/C8H15N3S2/c1-4-9-5-6(2)12-8-10-7(3)11-13-8/h6,9H,4-5H2,1-3H3. The van der Waals surface area contributed by atoms with Gasteiger partial charge in [0.15, 0.2) is 4.34 Å². The quantitative estimate of drug-likeness (QED) is 0.765. The summed E-state index contributed by atoms with van der Waals surface area (Å²) in [5, 5.41) is 3.87. The van der Waals surface area contributed by atoms with Gasteiger partial charge < -0.3 is 5.32 Å². The van der Waals surface area contributed by atoms with E-state index in [9.17, 15) is 0 Å². The van der Waals surface area contributed by atoms with Crippen molar-refractivity contribution in [1.82, 2.24) is 14.7 Å². The molecule has 0 saturated carbocycles. The average molecular weight is 217 g/mol. The smallest absolute Gasteiger partial charge is 0.170 e. The first-order valence-electron chi connectivity index (χ1n) is 4.40. The zero-order valence-corrected chi connectivity index (χ0v) is 9.84. The van der Waals surface area contributed by atoms with Crippen LogP contribution in [-0.4, -0.2) is 27.7 Å². The highest BCUT2D eigenvalue weighted by Crippen LogP contribution is 2.23. The Balaban J connectivity index is 2.31. The highest BCUT2D eigenvalue weighted by Gasteiger charge is 2.07. The molecule has 1 rings (SSSR count). The van der Waals surface area contributed by atoms with Crippen molar-refractivity contribution in [3.63, 3.8) is 0 Å². The number of nitrogens with one attached hydrogen (secondary N) is 1. The zero-order chi connectivity index (χ0) is 9.68. The molecule has 1 aromatic rings. The molecule has 0 aliphatic heterocycles. The van der Waals surface area contributed by atoms with Gasteiger partial charge >= 0.3 is 0 Å². The van der Waals surface area contributed by atoms with Crippen molar-refractivity contribution in [2.75, 3.05) is 13.1 Å². The molecule has 0 aliphatic carbocycles. The van der Waals surface area contributed by atoms with E-state index in [4.69, 9.17) is 0 Å². The van der Waals surface area contributed by atoms with Crippen LogP contribution in [0, 0.1) is 6.92 Å². The third-order valence-electron chi connectivity index (χ3n) is 1.49. The minimum absolute atomic E-state index is 0.562. The molecular weight excluding hydrogens is 202 g/mol. The monoisotopic (exact) mass is 217 g/mol.